The van der Waals surface area contributed by atoms with Gasteiger partial charge in [-0.05, 0) is 49.5 Å². The highest BCUT2D eigenvalue weighted by atomic mass is 16.5. The minimum atomic E-state index is 0.219. The molecule has 0 amide bonds. The van der Waals surface area contributed by atoms with Crippen molar-refractivity contribution in [3.63, 3.8) is 0 Å². The van der Waals surface area contributed by atoms with Gasteiger partial charge in [-0.3, -0.25) is 4.90 Å². The predicted octanol–water partition coefficient (Wildman–Crippen LogP) is 2.48. The van der Waals surface area contributed by atoms with Gasteiger partial charge in [0, 0.05) is 18.2 Å². The van der Waals surface area contributed by atoms with E-state index in [-0.39, 0.29) is 11.8 Å². The average Bonchev–Trinajstić information content (AvgIpc) is 2.80. The van der Waals surface area contributed by atoms with Gasteiger partial charge in [-0.2, -0.15) is 0 Å². The first kappa shape index (κ1) is 15.1. The van der Waals surface area contributed by atoms with Gasteiger partial charge in [0.05, 0.1) is 7.11 Å². The van der Waals surface area contributed by atoms with Crippen LogP contribution in [-0.2, 0) is 0 Å². The van der Waals surface area contributed by atoms with Gasteiger partial charge in [-0.25, -0.2) is 0 Å². The fraction of sp³-hybridized carbons (Fsp3) is 0.625. The number of likely N-dealkylation sites (tertiary alicyclic amines) is 1. The molecule has 2 unspecified atom stereocenters. The number of nitrogens with zero attached hydrogens (tertiary/aromatic N) is 1. The molecule has 1 saturated heterocycles. The summed E-state index contributed by atoms with van der Waals surface area (Å²) in [6.45, 7) is 5.98. The molecule has 1 aliphatic heterocycles. The van der Waals surface area contributed by atoms with E-state index in [0.717, 1.165) is 18.5 Å². The van der Waals surface area contributed by atoms with Crippen LogP contribution in [0, 0.1) is 5.92 Å². The number of nitrogens with two attached hydrogens (primary N) is 1. The van der Waals surface area contributed by atoms with Gasteiger partial charge in [0.1, 0.15) is 0 Å². The molecule has 4 heteroatoms. The summed E-state index contributed by atoms with van der Waals surface area (Å²) in [4.78, 5) is 2.27. The average molecular weight is 278 g/mol. The Hall–Kier alpha value is -1.26. The van der Waals surface area contributed by atoms with Crippen LogP contribution in [0.1, 0.15) is 43.4 Å². The number of methoxy groups -OCH3 is 1. The lowest BCUT2D eigenvalue weighted by atomic mass is 9.93. The standard InChI is InChI=1S/C16H26N2O2/c1-10(2)12-6-13(16(19)15(7-12)20-4)14-5-11(8-17)9-18(14)3/h6-7,10-11,14,19H,5,8-9,17H2,1-4H3. The third kappa shape index (κ3) is 2.76. The lowest BCUT2D eigenvalue weighted by Crippen LogP contribution is -2.20. The topological polar surface area (TPSA) is 58.7 Å². The van der Waals surface area contributed by atoms with Gasteiger partial charge >= 0.3 is 0 Å². The summed E-state index contributed by atoms with van der Waals surface area (Å²) in [6.07, 6.45) is 0.991. The zero-order valence-corrected chi connectivity index (χ0v) is 12.9. The number of aromatic hydroxyl groups is 1. The van der Waals surface area contributed by atoms with Crippen molar-refractivity contribution < 1.29 is 9.84 Å². The monoisotopic (exact) mass is 278 g/mol. The van der Waals surface area contributed by atoms with Crippen LogP contribution in [0.25, 0.3) is 0 Å². The third-order valence-corrected chi connectivity index (χ3v) is 4.34. The van der Waals surface area contributed by atoms with Crippen molar-refractivity contribution in [2.24, 2.45) is 11.7 Å². The summed E-state index contributed by atoms with van der Waals surface area (Å²) in [5.74, 6) is 1.74. The Morgan fingerprint density at radius 3 is 2.65 bits per heavy atom. The molecule has 1 heterocycles. The molecular weight excluding hydrogens is 252 g/mol. The molecule has 0 aliphatic carbocycles. The summed E-state index contributed by atoms with van der Waals surface area (Å²) in [6, 6.07) is 4.26. The van der Waals surface area contributed by atoms with Crippen molar-refractivity contribution in [3.8, 4) is 11.5 Å². The van der Waals surface area contributed by atoms with E-state index in [1.807, 2.05) is 6.07 Å². The summed E-state index contributed by atoms with van der Waals surface area (Å²) < 4.78 is 5.33. The second kappa shape index (κ2) is 6.02. The van der Waals surface area contributed by atoms with Crippen molar-refractivity contribution in [1.82, 2.24) is 4.90 Å². The lowest BCUT2D eigenvalue weighted by molar-refractivity contribution is 0.300. The first-order chi connectivity index (χ1) is 9.47. The smallest absolute Gasteiger partial charge is 0.162 e. The molecule has 0 aromatic heterocycles. The molecule has 1 aromatic carbocycles. The van der Waals surface area contributed by atoms with E-state index in [1.54, 1.807) is 7.11 Å². The maximum absolute atomic E-state index is 10.4. The van der Waals surface area contributed by atoms with Crippen LogP contribution >= 0.6 is 0 Å². The molecule has 1 aliphatic rings. The zero-order chi connectivity index (χ0) is 14.9. The highest BCUT2D eigenvalue weighted by Gasteiger charge is 2.32. The van der Waals surface area contributed by atoms with E-state index in [4.69, 9.17) is 10.5 Å². The number of hydrogen-bond acceptors (Lipinski definition) is 4. The Morgan fingerprint density at radius 1 is 1.45 bits per heavy atom. The van der Waals surface area contributed by atoms with E-state index in [1.165, 1.54) is 5.56 Å². The second-order valence-corrected chi connectivity index (χ2v) is 6.11. The van der Waals surface area contributed by atoms with E-state index < -0.39 is 0 Å². The van der Waals surface area contributed by atoms with E-state index >= 15 is 0 Å². The van der Waals surface area contributed by atoms with Crippen LogP contribution in [0.2, 0.25) is 0 Å². The Balaban J connectivity index is 2.42. The van der Waals surface area contributed by atoms with Crippen LogP contribution in [0.4, 0.5) is 0 Å². The van der Waals surface area contributed by atoms with Gasteiger partial charge in [-0.1, -0.05) is 13.8 Å². The van der Waals surface area contributed by atoms with Crippen molar-refractivity contribution >= 4 is 0 Å². The molecule has 1 fully saturated rings. The summed E-state index contributed by atoms with van der Waals surface area (Å²) in [7, 11) is 3.69. The predicted molar refractivity (Wildman–Crippen MR) is 81.3 cm³/mol. The Kier molecular flexibility index (Phi) is 4.55. The van der Waals surface area contributed by atoms with Crippen LogP contribution in [0.15, 0.2) is 12.1 Å². The first-order valence-corrected chi connectivity index (χ1v) is 7.29. The Morgan fingerprint density at radius 2 is 2.15 bits per heavy atom. The van der Waals surface area contributed by atoms with Gasteiger partial charge < -0.3 is 15.6 Å². The maximum atomic E-state index is 10.4. The second-order valence-electron chi connectivity index (χ2n) is 6.11. The van der Waals surface area contributed by atoms with E-state index in [0.29, 0.717) is 24.1 Å². The number of phenolic OH excluding ortho intramolecular Hbond substituents is 1. The quantitative estimate of drug-likeness (QED) is 0.888. The summed E-state index contributed by atoms with van der Waals surface area (Å²) in [5.41, 5.74) is 7.95. The molecule has 0 bridgehead atoms. The van der Waals surface area contributed by atoms with Crippen molar-refractivity contribution in [2.45, 2.75) is 32.2 Å². The van der Waals surface area contributed by atoms with Gasteiger partial charge in [0.15, 0.2) is 11.5 Å². The van der Waals surface area contributed by atoms with Crippen molar-refractivity contribution in [2.75, 3.05) is 27.2 Å². The first-order valence-electron chi connectivity index (χ1n) is 7.29. The summed E-state index contributed by atoms with van der Waals surface area (Å²) >= 11 is 0. The fourth-order valence-corrected chi connectivity index (χ4v) is 3.03. The Labute approximate surface area is 121 Å². The van der Waals surface area contributed by atoms with Crippen LogP contribution in [-0.4, -0.2) is 37.3 Å². The Bertz CT molecular complexity index is 474. The lowest BCUT2D eigenvalue weighted by Gasteiger charge is -2.23. The molecule has 2 atom stereocenters. The van der Waals surface area contributed by atoms with Gasteiger partial charge in [0.2, 0.25) is 0 Å². The van der Waals surface area contributed by atoms with Crippen LogP contribution in [0.3, 0.4) is 0 Å². The van der Waals surface area contributed by atoms with E-state index in [9.17, 15) is 5.11 Å². The molecule has 112 valence electrons. The molecule has 0 spiro atoms. The number of phenols is 1. The number of hydrogen-bond donors (Lipinski definition) is 2. The number of ether oxygens (including phenoxy) is 1. The zero-order valence-electron chi connectivity index (χ0n) is 12.9. The van der Waals surface area contributed by atoms with E-state index in [2.05, 4.69) is 31.9 Å². The largest absolute Gasteiger partial charge is 0.504 e. The highest BCUT2D eigenvalue weighted by Crippen LogP contribution is 2.43. The van der Waals surface area contributed by atoms with Crippen LogP contribution in [0.5, 0.6) is 11.5 Å². The molecule has 4 nitrogen and oxygen atoms in total. The van der Waals surface area contributed by atoms with Gasteiger partial charge in [-0.15, -0.1) is 0 Å². The molecule has 1 aromatic rings. The molecule has 0 radical (unpaired) electrons. The maximum Gasteiger partial charge on any atom is 0.162 e. The molecular formula is C16H26N2O2. The molecule has 2 rings (SSSR count). The fourth-order valence-electron chi connectivity index (χ4n) is 3.03. The summed E-state index contributed by atoms with van der Waals surface area (Å²) in [5, 5.41) is 10.4. The van der Waals surface area contributed by atoms with Crippen molar-refractivity contribution in [3.05, 3.63) is 23.3 Å². The normalized spacial score (nSPS) is 23.5. The minimum absolute atomic E-state index is 0.219. The number of benzene rings is 1. The highest BCUT2D eigenvalue weighted by molar-refractivity contribution is 5.50. The SMILES string of the molecule is COc1cc(C(C)C)cc(C2CC(CN)CN2C)c1O. The molecule has 0 saturated carbocycles. The number of rotatable bonds is 4. The third-order valence-electron chi connectivity index (χ3n) is 4.34. The molecule has 20 heavy (non-hydrogen) atoms. The van der Waals surface area contributed by atoms with Crippen molar-refractivity contribution in [1.29, 1.82) is 0 Å². The molecule has 3 N–H and O–H groups in total. The van der Waals surface area contributed by atoms with Gasteiger partial charge in [0.25, 0.3) is 0 Å². The minimum Gasteiger partial charge on any atom is -0.504 e. The van der Waals surface area contributed by atoms with Crippen LogP contribution < -0.4 is 10.5 Å².